The zero-order valence-electron chi connectivity index (χ0n) is 35.0. The number of benzene rings is 10. The number of fused-ring (bicyclic) bond motifs is 14. The van der Waals surface area contributed by atoms with Crippen molar-refractivity contribution in [2.45, 2.75) is 0 Å². The topological polar surface area (TPSA) is 56.7 Å². The first-order valence-corrected chi connectivity index (χ1v) is 23.7. The number of para-hydroxylation sites is 1. The fourth-order valence-electron chi connectivity index (χ4n) is 10.4. The SMILES string of the molecule is c1ccc2cc3c(cc2c1)c1cc2ccccc2cc1n3-c1cc2oc3ccccc3c2cc1-c1nc(-c2cccc3c2sc2ccccc23)nc(-c2cccc3c2sc2ccccc23)n1. The number of rotatable bonds is 4. The molecule has 0 bridgehead atoms. The molecule has 0 N–H and O–H groups in total. The van der Waals surface area contributed by atoms with Gasteiger partial charge in [0, 0.05) is 84.6 Å². The average Bonchev–Trinajstić information content (AvgIpc) is 4.13. The Hall–Kier alpha value is -8.23. The second-order valence-corrected chi connectivity index (χ2v) is 19.2. The van der Waals surface area contributed by atoms with Crippen molar-refractivity contribution in [1.82, 2.24) is 19.5 Å². The van der Waals surface area contributed by atoms with Crippen molar-refractivity contribution in [2.24, 2.45) is 0 Å². The van der Waals surface area contributed by atoms with E-state index < -0.39 is 0 Å². The molecule has 5 nitrogen and oxygen atoms in total. The van der Waals surface area contributed by atoms with Gasteiger partial charge in [-0.2, -0.15) is 0 Å². The Morgan fingerprint density at radius 2 is 0.788 bits per heavy atom. The van der Waals surface area contributed by atoms with E-state index >= 15 is 0 Å². The molecular weight excluding hydrogens is 845 g/mol. The van der Waals surface area contributed by atoms with Gasteiger partial charge in [-0.05, 0) is 82.2 Å². The highest BCUT2D eigenvalue weighted by Crippen LogP contribution is 2.45. The van der Waals surface area contributed by atoms with E-state index in [1.807, 2.05) is 12.1 Å². The Kier molecular flexibility index (Phi) is 7.47. The smallest absolute Gasteiger partial charge is 0.166 e. The van der Waals surface area contributed by atoms with Gasteiger partial charge in [0.1, 0.15) is 11.2 Å². The molecular formula is C59H32N4OS2. The summed E-state index contributed by atoms with van der Waals surface area (Å²) in [7, 11) is 0. The van der Waals surface area contributed by atoms with Crippen LogP contribution in [0.2, 0.25) is 0 Å². The zero-order chi connectivity index (χ0) is 43.0. The summed E-state index contributed by atoms with van der Waals surface area (Å²) in [5.41, 5.74) is 7.58. The summed E-state index contributed by atoms with van der Waals surface area (Å²) in [6.45, 7) is 0. The lowest BCUT2D eigenvalue weighted by molar-refractivity contribution is 0.668. The monoisotopic (exact) mass is 876 g/mol. The van der Waals surface area contributed by atoms with E-state index in [1.165, 1.54) is 63.3 Å². The van der Waals surface area contributed by atoms with E-state index in [9.17, 15) is 0 Å². The van der Waals surface area contributed by atoms with Gasteiger partial charge in [-0.25, -0.2) is 15.0 Å². The summed E-state index contributed by atoms with van der Waals surface area (Å²) < 4.78 is 13.9. The van der Waals surface area contributed by atoms with E-state index in [0.717, 1.165) is 64.7 Å². The van der Waals surface area contributed by atoms with E-state index in [2.05, 4.69) is 187 Å². The molecule has 0 radical (unpaired) electrons. The van der Waals surface area contributed by atoms with E-state index in [1.54, 1.807) is 22.7 Å². The van der Waals surface area contributed by atoms with Gasteiger partial charge in [-0.1, -0.05) is 127 Å². The van der Waals surface area contributed by atoms with Gasteiger partial charge < -0.3 is 8.98 Å². The summed E-state index contributed by atoms with van der Waals surface area (Å²) in [5, 5.41) is 14.0. The van der Waals surface area contributed by atoms with Crippen molar-refractivity contribution in [3.05, 3.63) is 194 Å². The van der Waals surface area contributed by atoms with Crippen molar-refractivity contribution >= 4 is 128 Å². The highest BCUT2D eigenvalue weighted by Gasteiger charge is 2.25. The molecule has 7 heteroatoms. The van der Waals surface area contributed by atoms with Gasteiger partial charge in [-0.3, -0.25) is 0 Å². The summed E-state index contributed by atoms with van der Waals surface area (Å²) in [4.78, 5) is 16.6. The number of hydrogen-bond acceptors (Lipinski definition) is 6. The van der Waals surface area contributed by atoms with Gasteiger partial charge in [0.25, 0.3) is 0 Å². The fourth-order valence-corrected chi connectivity index (χ4v) is 12.8. The lowest BCUT2D eigenvalue weighted by Gasteiger charge is -2.16. The van der Waals surface area contributed by atoms with Crippen LogP contribution in [0.1, 0.15) is 0 Å². The molecule has 0 spiro atoms. The minimum atomic E-state index is 0.588. The lowest BCUT2D eigenvalue weighted by Crippen LogP contribution is -2.04. The first-order valence-electron chi connectivity index (χ1n) is 22.1. The molecule has 0 amide bonds. The molecule has 0 aliphatic heterocycles. The van der Waals surface area contributed by atoms with Crippen LogP contribution < -0.4 is 0 Å². The van der Waals surface area contributed by atoms with Gasteiger partial charge >= 0.3 is 0 Å². The predicted octanol–water partition coefficient (Wildman–Crippen LogP) is 16.9. The molecule has 5 heterocycles. The first kappa shape index (κ1) is 36.1. The third-order valence-electron chi connectivity index (χ3n) is 13.4. The number of hydrogen-bond donors (Lipinski definition) is 0. The second-order valence-electron chi connectivity index (χ2n) is 17.1. The quantitative estimate of drug-likeness (QED) is 0.177. The third-order valence-corrected chi connectivity index (χ3v) is 15.8. The summed E-state index contributed by atoms with van der Waals surface area (Å²) in [6.07, 6.45) is 0. The molecule has 306 valence electrons. The van der Waals surface area contributed by atoms with Crippen LogP contribution in [0.25, 0.3) is 145 Å². The molecule has 66 heavy (non-hydrogen) atoms. The Morgan fingerprint density at radius 3 is 1.35 bits per heavy atom. The van der Waals surface area contributed by atoms with E-state index in [4.69, 9.17) is 19.4 Å². The third kappa shape index (κ3) is 5.23. The Morgan fingerprint density at radius 1 is 0.333 bits per heavy atom. The molecule has 0 unspecified atom stereocenters. The molecule has 0 fully saturated rings. The van der Waals surface area contributed by atoms with Gasteiger partial charge in [0.15, 0.2) is 17.5 Å². The molecule has 15 rings (SSSR count). The molecule has 5 aromatic heterocycles. The number of furan rings is 1. The van der Waals surface area contributed by atoms with Crippen LogP contribution in [0.4, 0.5) is 0 Å². The predicted molar refractivity (Wildman–Crippen MR) is 279 cm³/mol. The van der Waals surface area contributed by atoms with E-state index in [0.29, 0.717) is 17.5 Å². The maximum absolute atomic E-state index is 6.72. The fraction of sp³-hybridized carbons (Fsp3) is 0. The summed E-state index contributed by atoms with van der Waals surface area (Å²) in [6, 6.07) is 69.6. The number of nitrogens with zero attached hydrogens (tertiary/aromatic N) is 4. The van der Waals surface area contributed by atoms with Crippen LogP contribution in [0.5, 0.6) is 0 Å². The molecule has 0 atom stereocenters. The average molecular weight is 877 g/mol. The molecule has 15 aromatic rings. The van der Waals surface area contributed by atoms with Crippen molar-refractivity contribution in [3.8, 4) is 39.9 Å². The lowest BCUT2D eigenvalue weighted by atomic mass is 10.0. The summed E-state index contributed by atoms with van der Waals surface area (Å²) in [5.74, 6) is 1.85. The van der Waals surface area contributed by atoms with Gasteiger partial charge in [-0.15, -0.1) is 22.7 Å². The van der Waals surface area contributed by atoms with Crippen LogP contribution in [0.15, 0.2) is 199 Å². The first-order chi connectivity index (χ1) is 32.7. The van der Waals surface area contributed by atoms with Crippen LogP contribution in [-0.4, -0.2) is 19.5 Å². The molecule has 0 saturated heterocycles. The standard InChI is InChI=1S/C59H32N4OS2/c1-3-15-35-29-48-44(27-33(35)13-1)45-28-34-14-2-4-16-36(34)30-49(45)63(48)50-32-52-46(37-17-5-8-24-51(37)64-52)31-47(50)59-61-57(42-22-11-20-40-38-18-6-9-25-53(38)65-55(40)42)60-58(62-59)43-23-12-21-41-39-19-7-10-26-54(39)66-56(41)43/h1-32H. The van der Waals surface area contributed by atoms with Gasteiger partial charge in [0.2, 0.25) is 0 Å². The molecule has 0 saturated carbocycles. The highest BCUT2D eigenvalue weighted by molar-refractivity contribution is 7.26. The van der Waals surface area contributed by atoms with Gasteiger partial charge in [0.05, 0.1) is 16.7 Å². The largest absolute Gasteiger partial charge is 0.456 e. The minimum absolute atomic E-state index is 0.588. The van der Waals surface area contributed by atoms with Crippen LogP contribution >= 0.6 is 22.7 Å². The van der Waals surface area contributed by atoms with Crippen LogP contribution in [0, 0.1) is 0 Å². The normalized spacial score (nSPS) is 12.2. The second kappa shape index (κ2) is 13.6. The molecule has 10 aromatic carbocycles. The maximum Gasteiger partial charge on any atom is 0.166 e. The van der Waals surface area contributed by atoms with E-state index in [-0.39, 0.29) is 0 Å². The molecule has 0 aliphatic carbocycles. The molecule has 0 aliphatic rings. The summed E-state index contributed by atoms with van der Waals surface area (Å²) >= 11 is 3.57. The number of aromatic nitrogens is 4. The van der Waals surface area contributed by atoms with Crippen molar-refractivity contribution in [1.29, 1.82) is 0 Å². The van der Waals surface area contributed by atoms with Crippen molar-refractivity contribution < 1.29 is 4.42 Å². The Balaban J connectivity index is 1.10. The van der Waals surface area contributed by atoms with Crippen LogP contribution in [0.3, 0.4) is 0 Å². The zero-order valence-corrected chi connectivity index (χ0v) is 36.6. The minimum Gasteiger partial charge on any atom is -0.456 e. The maximum atomic E-state index is 6.72. The number of thiophene rings is 2. The van der Waals surface area contributed by atoms with Crippen molar-refractivity contribution in [2.75, 3.05) is 0 Å². The Bertz CT molecular complexity index is 4330. The Labute approximate surface area is 384 Å². The highest BCUT2D eigenvalue weighted by atomic mass is 32.1. The van der Waals surface area contributed by atoms with Crippen LogP contribution in [-0.2, 0) is 0 Å². The van der Waals surface area contributed by atoms with Crippen molar-refractivity contribution in [3.63, 3.8) is 0 Å².